The summed E-state index contributed by atoms with van der Waals surface area (Å²) in [5, 5.41) is 9.22. The van der Waals surface area contributed by atoms with E-state index in [0.29, 0.717) is 0 Å². The van der Waals surface area contributed by atoms with Crippen molar-refractivity contribution >= 4 is 0 Å². The van der Waals surface area contributed by atoms with Crippen molar-refractivity contribution in [2.45, 2.75) is 51.4 Å². The molecule has 0 aliphatic heterocycles. The molecule has 1 fully saturated rings. The van der Waals surface area contributed by atoms with Gasteiger partial charge in [-0.3, -0.25) is 0 Å². The van der Waals surface area contributed by atoms with Crippen LogP contribution >= 0.6 is 0 Å². The fourth-order valence-corrected chi connectivity index (χ4v) is 2.82. The quantitative estimate of drug-likeness (QED) is 0.832. The zero-order valence-corrected chi connectivity index (χ0v) is 11.0. The van der Waals surface area contributed by atoms with Gasteiger partial charge in [0.05, 0.1) is 0 Å². The molecule has 1 atom stereocenters. The van der Waals surface area contributed by atoms with Gasteiger partial charge in [-0.25, -0.2) is 0 Å². The summed E-state index contributed by atoms with van der Waals surface area (Å²) in [4.78, 5) is 0. The van der Waals surface area contributed by atoms with Gasteiger partial charge in [0, 0.05) is 12.5 Å². The lowest BCUT2D eigenvalue weighted by Crippen LogP contribution is -2.11. The maximum atomic E-state index is 9.22. The van der Waals surface area contributed by atoms with Crippen molar-refractivity contribution in [3.05, 3.63) is 35.4 Å². The first-order valence-electron chi connectivity index (χ1n) is 6.91. The first-order chi connectivity index (χ1) is 8.20. The van der Waals surface area contributed by atoms with Gasteiger partial charge < -0.3 is 5.11 Å². The predicted molar refractivity (Wildman–Crippen MR) is 72.3 cm³/mol. The molecule has 94 valence electrons. The molecule has 1 aliphatic carbocycles. The molecular formula is C16H24O. The van der Waals surface area contributed by atoms with Crippen LogP contribution in [-0.2, 0) is 0 Å². The van der Waals surface area contributed by atoms with Crippen LogP contribution in [0.2, 0.25) is 0 Å². The molecule has 0 heterocycles. The average molecular weight is 232 g/mol. The van der Waals surface area contributed by atoms with E-state index in [9.17, 15) is 5.11 Å². The van der Waals surface area contributed by atoms with Gasteiger partial charge in [-0.15, -0.1) is 0 Å². The highest BCUT2D eigenvalue weighted by Gasteiger charge is 2.20. The van der Waals surface area contributed by atoms with Gasteiger partial charge in [0.2, 0.25) is 0 Å². The van der Waals surface area contributed by atoms with Gasteiger partial charge in [0.1, 0.15) is 0 Å². The summed E-state index contributed by atoms with van der Waals surface area (Å²) in [5.41, 5.74) is 2.76. The Bertz CT molecular complexity index is 350. The van der Waals surface area contributed by atoms with Crippen molar-refractivity contribution in [1.29, 1.82) is 0 Å². The van der Waals surface area contributed by atoms with E-state index in [1.54, 1.807) is 0 Å². The molecule has 1 aromatic rings. The first-order valence-corrected chi connectivity index (χ1v) is 6.91. The summed E-state index contributed by atoms with van der Waals surface area (Å²) in [6, 6.07) is 8.85. The average Bonchev–Trinajstić information content (AvgIpc) is 2.39. The number of hydrogen-bond donors (Lipinski definition) is 1. The molecule has 0 bridgehead atoms. The molecule has 1 nitrogen and oxygen atoms in total. The fourth-order valence-electron chi connectivity index (χ4n) is 2.82. The summed E-state index contributed by atoms with van der Waals surface area (Å²) in [5.74, 6) is 1.92. The summed E-state index contributed by atoms with van der Waals surface area (Å²) < 4.78 is 0. The van der Waals surface area contributed by atoms with Gasteiger partial charge in [-0.2, -0.15) is 0 Å². The van der Waals surface area contributed by atoms with Crippen molar-refractivity contribution < 1.29 is 5.11 Å². The Morgan fingerprint density at radius 3 is 2.59 bits per heavy atom. The van der Waals surface area contributed by atoms with Gasteiger partial charge in [0.25, 0.3) is 0 Å². The lowest BCUT2D eigenvalue weighted by Gasteiger charge is -2.27. The van der Waals surface area contributed by atoms with E-state index in [1.165, 1.54) is 36.8 Å². The molecule has 1 saturated carbocycles. The molecule has 0 aromatic heterocycles. The molecule has 1 N–H and O–H groups in total. The van der Waals surface area contributed by atoms with Crippen LogP contribution < -0.4 is 0 Å². The van der Waals surface area contributed by atoms with Crippen LogP contribution in [0.3, 0.4) is 0 Å². The van der Waals surface area contributed by atoms with E-state index >= 15 is 0 Å². The molecule has 0 radical (unpaired) electrons. The topological polar surface area (TPSA) is 20.2 Å². The summed E-state index contributed by atoms with van der Waals surface area (Å²) in [6.07, 6.45) is 5.39. The Labute approximate surface area is 105 Å². The summed E-state index contributed by atoms with van der Waals surface area (Å²) >= 11 is 0. The minimum absolute atomic E-state index is 0.241. The summed E-state index contributed by atoms with van der Waals surface area (Å²) in [6.45, 7) is 4.69. The molecule has 0 amide bonds. The van der Waals surface area contributed by atoms with E-state index < -0.39 is 0 Å². The number of rotatable bonds is 3. The van der Waals surface area contributed by atoms with Crippen molar-refractivity contribution in [3.8, 4) is 0 Å². The third-order valence-electron chi connectivity index (χ3n) is 4.24. The maximum absolute atomic E-state index is 9.22. The van der Waals surface area contributed by atoms with Gasteiger partial charge in [-0.1, -0.05) is 51.0 Å². The van der Waals surface area contributed by atoms with Crippen molar-refractivity contribution in [3.63, 3.8) is 0 Å². The standard InChI is InChI=1S/C16H24O/c1-12-6-8-14(9-7-12)16-5-3-4-15(10-16)13(2)11-17/h3-5,10,12-14,17H,6-9,11H2,1-2H3. The van der Waals surface area contributed by atoms with Crippen LogP contribution in [0.1, 0.15) is 62.5 Å². The molecular weight excluding hydrogens is 208 g/mol. The molecule has 2 rings (SSSR count). The minimum atomic E-state index is 0.241. The van der Waals surface area contributed by atoms with Crippen LogP contribution in [0, 0.1) is 5.92 Å². The van der Waals surface area contributed by atoms with E-state index in [4.69, 9.17) is 0 Å². The Hall–Kier alpha value is -0.820. The molecule has 1 aliphatic rings. The number of hydrogen-bond acceptors (Lipinski definition) is 1. The normalized spacial score (nSPS) is 26.8. The van der Waals surface area contributed by atoms with Crippen LogP contribution in [0.25, 0.3) is 0 Å². The highest BCUT2D eigenvalue weighted by molar-refractivity contribution is 5.29. The van der Waals surface area contributed by atoms with Gasteiger partial charge in [0.15, 0.2) is 0 Å². The Morgan fingerprint density at radius 2 is 1.94 bits per heavy atom. The number of aliphatic hydroxyl groups excluding tert-OH is 1. The fraction of sp³-hybridized carbons (Fsp3) is 0.625. The molecule has 17 heavy (non-hydrogen) atoms. The Kier molecular flexibility index (Phi) is 4.22. The number of aliphatic hydroxyl groups is 1. The molecule has 1 aromatic carbocycles. The molecule has 0 saturated heterocycles. The largest absolute Gasteiger partial charge is 0.396 e. The van der Waals surface area contributed by atoms with Crippen molar-refractivity contribution in [2.24, 2.45) is 5.92 Å². The van der Waals surface area contributed by atoms with E-state index in [2.05, 4.69) is 38.1 Å². The van der Waals surface area contributed by atoms with Crippen molar-refractivity contribution in [2.75, 3.05) is 6.61 Å². The van der Waals surface area contributed by atoms with E-state index in [-0.39, 0.29) is 12.5 Å². The molecule has 1 heteroatoms. The predicted octanol–water partition coefficient (Wildman–Crippen LogP) is 4.08. The zero-order valence-electron chi connectivity index (χ0n) is 11.0. The van der Waals surface area contributed by atoms with Gasteiger partial charge in [-0.05, 0) is 35.8 Å². The first kappa shape index (κ1) is 12.6. The highest BCUT2D eigenvalue weighted by Crippen LogP contribution is 2.36. The molecule has 1 unspecified atom stereocenters. The molecule has 0 spiro atoms. The monoisotopic (exact) mass is 232 g/mol. The SMILES string of the molecule is CC1CCC(c2cccc(C(C)CO)c2)CC1. The second kappa shape index (κ2) is 5.68. The Balaban J connectivity index is 2.10. The van der Waals surface area contributed by atoms with Crippen LogP contribution in [0.5, 0.6) is 0 Å². The smallest absolute Gasteiger partial charge is 0.0497 e. The third kappa shape index (κ3) is 3.10. The van der Waals surface area contributed by atoms with E-state index in [1.807, 2.05) is 0 Å². The minimum Gasteiger partial charge on any atom is -0.396 e. The third-order valence-corrected chi connectivity index (χ3v) is 4.24. The van der Waals surface area contributed by atoms with Crippen LogP contribution in [0.15, 0.2) is 24.3 Å². The number of benzene rings is 1. The zero-order chi connectivity index (χ0) is 12.3. The maximum Gasteiger partial charge on any atom is 0.0497 e. The van der Waals surface area contributed by atoms with Crippen LogP contribution in [-0.4, -0.2) is 11.7 Å². The van der Waals surface area contributed by atoms with E-state index in [0.717, 1.165) is 11.8 Å². The second-order valence-corrected chi connectivity index (χ2v) is 5.71. The second-order valence-electron chi connectivity index (χ2n) is 5.71. The van der Waals surface area contributed by atoms with Crippen LogP contribution in [0.4, 0.5) is 0 Å². The van der Waals surface area contributed by atoms with Crippen molar-refractivity contribution in [1.82, 2.24) is 0 Å². The van der Waals surface area contributed by atoms with Gasteiger partial charge >= 0.3 is 0 Å². The lowest BCUT2D eigenvalue weighted by molar-refractivity contribution is 0.273. The highest BCUT2D eigenvalue weighted by atomic mass is 16.3. The summed E-state index contributed by atoms with van der Waals surface area (Å²) in [7, 11) is 0. The Morgan fingerprint density at radius 1 is 1.24 bits per heavy atom. The lowest BCUT2D eigenvalue weighted by atomic mass is 9.79.